The number of nitrogens with zero attached hydrogens (tertiary/aromatic N) is 1. The predicted octanol–water partition coefficient (Wildman–Crippen LogP) is 4.58. The zero-order valence-electron chi connectivity index (χ0n) is 16.4. The minimum atomic E-state index is -1.08. The molecular formula is C22H29NO3S. The van der Waals surface area contributed by atoms with Crippen molar-refractivity contribution in [1.82, 2.24) is 4.31 Å². The van der Waals surface area contributed by atoms with Crippen LogP contribution in [0.5, 0.6) is 11.5 Å². The summed E-state index contributed by atoms with van der Waals surface area (Å²) in [6, 6.07) is 15.8. The molecule has 2 rings (SSSR count). The van der Waals surface area contributed by atoms with Crippen molar-refractivity contribution in [3.05, 3.63) is 72.3 Å². The molecule has 0 saturated heterocycles. The van der Waals surface area contributed by atoms with Gasteiger partial charge in [-0.05, 0) is 41.8 Å². The summed E-state index contributed by atoms with van der Waals surface area (Å²) >= 11 is -1.08. The molecule has 0 heterocycles. The third kappa shape index (κ3) is 6.94. The maximum Gasteiger partial charge on any atom is 0.128 e. The SMILES string of the molecule is C=CCC(C)C[S+]([O-])N(Cc1ccc(OC)cc1)Cc1ccc(OC)cc1. The zero-order valence-corrected chi connectivity index (χ0v) is 17.2. The first-order chi connectivity index (χ1) is 13.0. The van der Waals surface area contributed by atoms with Crippen molar-refractivity contribution in [2.45, 2.75) is 26.4 Å². The van der Waals surface area contributed by atoms with Crippen molar-refractivity contribution in [3.63, 3.8) is 0 Å². The van der Waals surface area contributed by atoms with Gasteiger partial charge in [0.15, 0.2) is 0 Å². The van der Waals surface area contributed by atoms with Gasteiger partial charge < -0.3 is 14.0 Å². The molecule has 2 unspecified atom stereocenters. The third-order valence-corrected chi connectivity index (χ3v) is 6.01. The van der Waals surface area contributed by atoms with E-state index in [9.17, 15) is 4.55 Å². The second kappa shape index (κ2) is 11.0. The van der Waals surface area contributed by atoms with Gasteiger partial charge in [-0.3, -0.25) is 0 Å². The molecular weight excluding hydrogens is 358 g/mol. The number of benzene rings is 2. The fourth-order valence-corrected chi connectivity index (χ4v) is 4.19. The molecule has 27 heavy (non-hydrogen) atoms. The second-order valence-electron chi connectivity index (χ2n) is 6.61. The summed E-state index contributed by atoms with van der Waals surface area (Å²) in [4.78, 5) is 0. The van der Waals surface area contributed by atoms with E-state index in [-0.39, 0.29) is 0 Å². The van der Waals surface area contributed by atoms with Gasteiger partial charge in [0.1, 0.15) is 17.3 Å². The van der Waals surface area contributed by atoms with Crippen LogP contribution in [0.25, 0.3) is 0 Å². The first-order valence-corrected chi connectivity index (χ1v) is 10.3. The average molecular weight is 388 g/mol. The van der Waals surface area contributed by atoms with Crippen LogP contribution < -0.4 is 9.47 Å². The van der Waals surface area contributed by atoms with E-state index in [1.807, 2.05) is 58.9 Å². The van der Waals surface area contributed by atoms with E-state index in [2.05, 4.69) is 13.5 Å². The topological polar surface area (TPSA) is 44.8 Å². The highest BCUT2D eigenvalue weighted by Crippen LogP contribution is 2.21. The van der Waals surface area contributed by atoms with Crippen LogP contribution in [0.4, 0.5) is 0 Å². The quantitative estimate of drug-likeness (QED) is 0.418. The second-order valence-corrected chi connectivity index (χ2v) is 8.10. The maximum atomic E-state index is 13.0. The normalized spacial score (nSPS) is 13.2. The van der Waals surface area contributed by atoms with Crippen LogP contribution in [-0.4, -0.2) is 28.8 Å². The third-order valence-electron chi connectivity index (χ3n) is 4.32. The summed E-state index contributed by atoms with van der Waals surface area (Å²) in [5.74, 6) is 2.60. The Balaban J connectivity index is 2.13. The zero-order chi connectivity index (χ0) is 19.6. The summed E-state index contributed by atoms with van der Waals surface area (Å²) in [6.45, 7) is 7.12. The van der Waals surface area contributed by atoms with Gasteiger partial charge >= 0.3 is 0 Å². The van der Waals surface area contributed by atoms with E-state index in [4.69, 9.17) is 9.47 Å². The van der Waals surface area contributed by atoms with Crippen LogP contribution >= 0.6 is 0 Å². The van der Waals surface area contributed by atoms with Gasteiger partial charge in [-0.2, -0.15) is 0 Å². The molecule has 0 aromatic heterocycles. The van der Waals surface area contributed by atoms with Crippen molar-refractivity contribution >= 4 is 11.4 Å². The molecule has 0 fully saturated rings. The van der Waals surface area contributed by atoms with Crippen LogP contribution in [0, 0.1) is 5.92 Å². The number of rotatable bonds is 11. The highest BCUT2D eigenvalue weighted by molar-refractivity contribution is 7.89. The highest BCUT2D eigenvalue weighted by atomic mass is 32.2. The molecule has 0 spiro atoms. The van der Waals surface area contributed by atoms with E-state index in [1.165, 1.54) is 0 Å². The van der Waals surface area contributed by atoms with Crippen molar-refractivity contribution in [3.8, 4) is 11.5 Å². The Morgan fingerprint density at radius 3 is 1.78 bits per heavy atom. The lowest BCUT2D eigenvalue weighted by Crippen LogP contribution is -2.34. The van der Waals surface area contributed by atoms with Crippen molar-refractivity contribution < 1.29 is 14.0 Å². The highest BCUT2D eigenvalue weighted by Gasteiger charge is 2.23. The van der Waals surface area contributed by atoms with E-state index < -0.39 is 11.4 Å². The van der Waals surface area contributed by atoms with Crippen LogP contribution in [0.2, 0.25) is 0 Å². The number of methoxy groups -OCH3 is 2. The van der Waals surface area contributed by atoms with Crippen LogP contribution in [0.15, 0.2) is 61.2 Å². The Labute approximate surface area is 166 Å². The molecule has 0 aliphatic carbocycles. The Bertz CT molecular complexity index is 638. The van der Waals surface area contributed by atoms with Gasteiger partial charge in [-0.15, -0.1) is 10.9 Å². The van der Waals surface area contributed by atoms with Crippen molar-refractivity contribution in [2.75, 3.05) is 20.0 Å². The van der Waals surface area contributed by atoms with Gasteiger partial charge in [-0.25, -0.2) is 0 Å². The number of allylic oxidation sites excluding steroid dienone is 1. The molecule has 2 atom stereocenters. The van der Waals surface area contributed by atoms with Gasteiger partial charge in [-0.1, -0.05) is 37.3 Å². The standard InChI is InChI=1S/C22H29NO3S/c1-5-6-18(2)17-27(24)23(15-19-7-11-21(25-3)12-8-19)16-20-9-13-22(26-4)14-10-20/h5,7-14,18H,1,6,15-17H2,2-4H3. The molecule has 0 aliphatic heterocycles. The van der Waals surface area contributed by atoms with E-state index in [1.54, 1.807) is 14.2 Å². The van der Waals surface area contributed by atoms with Crippen LogP contribution in [-0.2, 0) is 24.5 Å². The number of hydrogen-bond donors (Lipinski definition) is 0. The predicted molar refractivity (Wildman–Crippen MR) is 112 cm³/mol. The fraction of sp³-hybridized carbons (Fsp3) is 0.364. The Hall–Kier alpha value is -1.95. The molecule has 2 aromatic rings. The number of hydrogen-bond acceptors (Lipinski definition) is 4. The van der Waals surface area contributed by atoms with Gasteiger partial charge in [0.25, 0.3) is 0 Å². The summed E-state index contributed by atoms with van der Waals surface area (Å²) in [6.07, 6.45) is 2.75. The fourth-order valence-electron chi connectivity index (χ4n) is 2.77. The lowest BCUT2D eigenvalue weighted by atomic mass is 10.1. The maximum absolute atomic E-state index is 13.0. The lowest BCUT2D eigenvalue weighted by Gasteiger charge is -2.26. The first-order valence-electron chi connectivity index (χ1n) is 9.06. The molecule has 2 aromatic carbocycles. The lowest BCUT2D eigenvalue weighted by molar-refractivity contribution is 0.393. The molecule has 0 saturated carbocycles. The molecule has 0 aliphatic rings. The summed E-state index contributed by atoms with van der Waals surface area (Å²) in [5, 5.41) is 0. The largest absolute Gasteiger partial charge is 0.598 e. The van der Waals surface area contributed by atoms with Gasteiger partial charge in [0, 0.05) is 17.3 Å². The number of ether oxygens (including phenoxy) is 2. The van der Waals surface area contributed by atoms with Crippen molar-refractivity contribution in [1.29, 1.82) is 0 Å². The molecule has 0 N–H and O–H groups in total. The van der Waals surface area contributed by atoms with Crippen molar-refractivity contribution in [2.24, 2.45) is 5.92 Å². The molecule has 0 amide bonds. The van der Waals surface area contributed by atoms with E-state index in [0.717, 1.165) is 29.0 Å². The van der Waals surface area contributed by atoms with Crippen LogP contribution in [0.1, 0.15) is 24.5 Å². The van der Waals surface area contributed by atoms with Crippen LogP contribution in [0.3, 0.4) is 0 Å². The van der Waals surface area contributed by atoms with Gasteiger partial charge in [0.2, 0.25) is 0 Å². The molecule has 5 heteroatoms. The van der Waals surface area contributed by atoms with E-state index >= 15 is 0 Å². The summed E-state index contributed by atoms with van der Waals surface area (Å²) in [5.41, 5.74) is 2.21. The Morgan fingerprint density at radius 1 is 0.963 bits per heavy atom. The summed E-state index contributed by atoms with van der Waals surface area (Å²) in [7, 11) is 3.31. The molecule has 4 nitrogen and oxygen atoms in total. The minimum Gasteiger partial charge on any atom is -0.598 e. The molecule has 146 valence electrons. The molecule has 0 radical (unpaired) electrons. The average Bonchev–Trinajstić information content (AvgIpc) is 2.68. The first kappa shape index (κ1) is 21.4. The Kier molecular flexibility index (Phi) is 8.72. The molecule has 0 bridgehead atoms. The summed E-state index contributed by atoms with van der Waals surface area (Å²) < 4.78 is 25.5. The smallest absolute Gasteiger partial charge is 0.128 e. The monoisotopic (exact) mass is 387 g/mol. The van der Waals surface area contributed by atoms with Gasteiger partial charge in [0.05, 0.1) is 27.3 Å². The minimum absolute atomic E-state index is 0.331. The Morgan fingerprint density at radius 2 is 1.41 bits per heavy atom. The van der Waals surface area contributed by atoms with E-state index in [0.29, 0.717) is 24.8 Å².